The lowest BCUT2D eigenvalue weighted by Crippen LogP contribution is -1.98. The summed E-state index contributed by atoms with van der Waals surface area (Å²) in [5.41, 5.74) is 1.42. The summed E-state index contributed by atoms with van der Waals surface area (Å²) in [6.45, 7) is 2.78. The van der Waals surface area contributed by atoms with Gasteiger partial charge in [0.05, 0.1) is 11.3 Å². The summed E-state index contributed by atoms with van der Waals surface area (Å²) in [7, 11) is 0. The SMILES string of the molecule is CCNc1ccc(Cl)cc1C#N. The normalized spacial score (nSPS) is 9.08. The minimum absolute atomic E-state index is 0.587. The molecule has 0 aliphatic heterocycles. The Bertz CT molecular complexity index is 315. The molecule has 2 nitrogen and oxygen atoms in total. The van der Waals surface area contributed by atoms with E-state index in [1.807, 2.05) is 13.0 Å². The number of nitrogens with one attached hydrogen (secondary N) is 1. The maximum atomic E-state index is 8.72. The van der Waals surface area contributed by atoms with Crippen molar-refractivity contribution in [1.82, 2.24) is 0 Å². The van der Waals surface area contributed by atoms with E-state index >= 15 is 0 Å². The third-order valence-corrected chi connectivity index (χ3v) is 1.70. The van der Waals surface area contributed by atoms with E-state index in [0.29, 0.717) is 10.6 Å². The topological polar surface area (TPSA) is 35.8 Å². The number of nitrogens with zero attached hydrogens (tertiary/aromatic N) is 1. The average molecular weight is 181 g/mol. The summed E-state index contributed by atoms with van der Waals surface area (Å²) in [4.78, 5) is 0. The quantitative estimate of drug-likeness (QED) is 0.760. The van der Waals surface area contributed by atoms with Gasteiger partial charge < -0.3 is 5.32 Å². The summed E-state index contributed by atoms with van der Waals surface area (Å²) in [6.07, 6.45) is 0. The molecule has 0 atom stereocenters. The molecule has 1 N–H and O–H groups in total. The fraction of sp³-hybridized carbons (Fsp3) is 0.222. The van der Waals surface area contributed by atoms with E-state index in [0.717, 1.165) is 12.2 Å². The first-order valence-electron chi connectivity index (χ1n) is 3.71. The van der Waals surface area contributed by atoms with Gasteiger partial charge in [0, 0.05) is 11.6 Å². The number of rotatable bonds is 2. The molecule has 0 spiro atoms. The van der Waals surface area contributed by atoms with E-state index in [1.54, 1.807) is 12.1 Å². The van der Waals surface area contributed by atoms with Crippen molar-refractivity contribution in [3.05, 3.63) is 28.8 Å². The van der Waals surface area contributed by atoms with Crippen LogP contribution in [0.5, 0.6) is 0 Å². The Morgan fingerprint density at radius 1 is 1.58 bits per heavy atom. The van der Waals surface area contributed by atoms with Crippen molar-refractivity contribution in [1.29, 1.82) is 5.26 Å². The lowest BCUT2D eigenvalue weighted by molar-refractivity contribution is 1.21. The van der Waals surface area contributed by atoms with Crippen molar-refractivity contribution in [2.24, 2.45) is 0 Å². The molecule has 1 rings (SSSR count). The highest BCUT2D eigenvalue weighted by molar-refractivity contribution is 6.30. The molecule has 0 aliphatic carbocycles. The van der Waals surface area contributed by atoms with Crippen molar-refractivity contribution in [2.75, 3.05) is 11.9 Å². The number of hydrogen-bond donors (Lipinski definition) is 1. The zero-order valence-corrected chi connectivity index (χ0v) is 7.52. The molecule has 0 radical (unpaired) electrons. The fourth-order valence-electron chi connectivity index (χ4n) is 0.954. The van der Waals surface area contributed by atoms with Gasteiger partial charge in [-0.2, -0.15) is 5.26 Å². The van der Waals surface area contributed by atoms with Crippen LogP contribution in [0.25, 0.3) is 0 Å². The highest BCUT2D eigenvalue weighted by atomic mass is 35.5. The molecule has 0 amide bonds. The fourth-order valence-corrected chi connectivity index (χ4v) is 1.13. The van der Waals surface area contributed by atoms with Crippen molar-refractivity contribution < 1.29 is 0 Å². The first-order chi connectivity index (χ1) is 5.77. The van der Waals surface area contributed by atoms with Crippen molar-refractivity contribution in [2.45, 2.75) is 6.92 Å². The van der Waals surface area contributed by atoms with Crippen LogP contribution in [0.2, 0.25) is 5.02 Å². The standard InChI is InChI=1S/C9H9ClN2/c1-2-12-9-4-3-8(10)5-7(9)6-11/h3-5,12H,2H2,1H3. The van der Waals surface area contributed by atoms with Crippen LogP contribution in [0.3, 0.4) is 0 Å². The average Bonchev–Trinajstić information content (AvgIpc) is 2.08. The number of benzene rings is 1. The van der Waals surface area contributed by atoms with Crippen LogP contribution in [0, 0.1) is 11.3 Å². The van der Waals surface area contributed by atoms with Gasteiger partial charge in [-0.3, -0.25) is 0 Å². The molecule has 3 heteroatoms. The van der Waals surface area contributed by atoms with Gasteiger partial charge in [0.1, 0.15) is 6.07 Å². The van der Waals surface area contributed by atoms with Crippen molar-refractivity contribution >= 4 is 17.3 Å². The van der Waals surface area contributed by atoms with Crippen LogP contribution >= 0.6 is 11.6 Å². The van der Waals surface area contributed by atoms with Crippen molar-refractivity contribution in [3.63, 3.8) is 0 Å². The van der Waals surface area contributed by atoms with Crippen LogP contribution in [-0.2, 0) is 0 Å². The van der Waals surface area contributed by atoms with Crippen molar-refractivity contribution in [3.8, 4) is 6.07 Å². The Morgan fingerprint density at radius 2 is 2.33 bits per heavy atom. The maximum absolute atomic E-state index is 8.72. The first-order valence-corrected chi connectivity index (χ1v) is 4.09. The van der Waals surface area contributed by atoms with E-state index in [9.17, 15) is 0 Å². The zero-order chi connectivity index (χ0) is 8.97. The smallest absolute Gasteiger partial charge is 0.101 e. The number of nitriles is 1. The monoisotopic (exact) mass is 180 g/mol. The zero-order valence-electron chi connectivity index (χ0n) is 6.76. The third kappa shape index (κ3) is 1.90. The van der Waals surface area contributed by atoms with Gasteiger partial charge in [-0.15, -0.1) is 0 Å². The Balaban J connectivity index is 3.05. The van der Waals surface area contributed by atoms with E-state index in [1.165, 1.54) is 0 Å². The molecule has 62 valence electrons. The van der Waals surface area contributed by atoms with Crippen LogP contribution in [0.1, 0.15) is 12.5 Å². The second-order valence-electron chi connectivity index (χ2n) is 2.33. The minimum Gasteiger partial charge on any atom is -0.384 e. The van der Waals surface area contributed by atoms with Crippen LogP contribution < -0.4 is 5.32 Å². The van der Waals surface area contributed by atoms with E-state index in [-0.39, 0.29) is 0 Å². The summed E-state index contributed by atoms with van der Waals surface area (Å²) in [5.74, 6) is 0. The molecule has 1 aromatic rings. The molecule has 0 bridgehead atoms. The summed E-state index contributed by atoms with van der Waals surface area (Å²) >= 11 is 5.72. The van der Waals surface area contributed by atoms with Gasteiger partial charge in [0.15, 0.2) is 0 Å². The lowest BCUT2D eigenvalue weighted by atomic mass is 10.2. The number of anilines is 1. The van der Waals surface area contributed by atoms with Crippen LogP contribution in [0.4, 0.5) is 5.69 Å². The molecule has 0 fully saturated rings. The lowest BCUT2D eigenvalue weighted by Gasteiger charge is -2.04. The number of hydrogen-bond acceptors (Lipinski definition) is 2. The first kappa shape index (κ1) is 8.89. The minimum atomic E-state index is 0.587. The molecular weight excluding hydrogens is 172 g/mol. The molecule has 12 heavy (non-hydrogen) atoms. The Kier molecular flexibility index (Phi) is 2.95. The molecule has 0 saturated carbocycles. The second kappa shape index (κ2) is 3.99. The molecule has 0 unspecified atom stereocenters. The van der Waals surface area contributed by atoms with Gasteiger partial charge in [-0.05, 0) is 25.1 Å². The summed E-state index contributed by atoms with van der Waals surface area (Å²) in [5, 5.41) is 12.4. The predicted octanol–water partition coefficient (Wildman–Crippen LogP) is 2.64. The van der Waals surface area contributed by atoms with E-state index in [2.05, 4.69) is 11.4 Å². The predicted molar refractivity (Wildman–Crippen MR) is 50.3 cm³/mol. The van der Waals surface area contributed by atoms with Gasteiger partial charge in [-0.25, -0.2) is 0 Å². The molecule has 0 heterocycles. The van der Waals surface area contributed by atoms with E-state index < -0.39 is 0 Å². The highest BCUT2D eigenvalue weighted by Crippen LogP contribution is 2.19. The Hall–Kier alpha value is -1.20. The second-order valence-corrected chi connectivity index (χ2v) is 2.77. The van der Waals surface area contributed by atoms with Gasteiger partial charge in [-0.1, -0.05) is 11.6 Å². The van der Waals surface area contributed by atoms with Gasteiger partial charge >= 0.3 is 0 Å². The molecular formula is C9H9ClN2. The summed E-state index contributed by atoms with van der Waals surface area (Å²) in [6, 6.07) is 7.30. The van der Waals surface area contributed by atoms with E-state index in [4.69, 9.17) is 16.9 Å². The van der Waals surface area contributed by atoms with Crippen LogP contribution in [-0.4, -0.2) is 6.54 Å². The molecule has 0 aromatic heterocycles. The molecule has 0 aliphatic rings. The number of halogens is 1. The van der Waals surface area contributed by atoms with Gasteiger partial charge in [0.2, 0.25) is 0 Å². The highest BCUT2D eigenvalue weighted by Gasteiger charge is 1.99. The largest absolute Gasteiger partial charge is 0.384 e. The Labute approximate surface area is 76.8 Å². The summed E-state index contributed by atoms with van der Waals surface area (Å²) < 4.78 is 0. The third-order valence-electron chi connectivity index (χ3n) is 1.47. The van der Waals surface area contributed by atoms with Crippen LogP contribution in [0.15, 0.2) is 18.2 Å². The van der Waals surface area contributed by atoms with Gasteiger partial charge in [0.25, 0.3) is 0 Å². The maximum Gasteiger partial charge on any atom is 0.101 e. The Morgan fingerprint density at radius 3 is 2.92 bits per heavy atom. The molecule has 0 saturated heterocycles. The molecule has 1 aromatic carbocycles.